The average molecular weight is 293 g/mol. The Bertz CT molecular complexity index is 448. The van der Waals surface area contributed by atoms with Crippen LogP contribution in [0.1, 0.15) is 6.42 Å². The Labute approximate surface area is 112 Å². The van der Waals surface area contributed by atoms with E-state index in [9.17, 15) is 18.0 Å². The maximum absolute atomic E-state index is 11.7. The molecule has 0 radical (unpaired) electrons. The standard InChI is InChI=1S/C10H19N3O5S/c1-12(2)19(17,18)6-4-11-10(16)13-5-3-8(7-13)9(14)15/h8H,3-7H2,1-2H3,(H,11,16)(H,14,15). The minimum absolute atomic E-state index is 0.00752. The first kappa shape index (κ1) is 15.7. The van der Waals surface area contributed by atoms with Crippen molar-refractivity contribution in [3.8, 4) is 0 Å². The highest BCUT2D eigenvalue weighted by Gasteiger charge is 2.30. The molecule has 0 saturated carbocycles. The van der Waals surface area contributed by atoms with E-state index in [-0.39, 0.29) is 18.8 Å². The number of sulfonamides is 1. The first-order valence-corrected chi connectivity index (χ1v) is 7.50. The number of aliphatic carboxylic acids is 1. The maximum Gasteiger partial charge on any atom is 0.317 e. The van der Waals surface area contributed by atoms with Crippen molar-refractivity contribution in [1.29, 1.82) is 0 Å². The number of carbonyl (C=O) groups is 2. The van der Waals surface area contributed by atoms with Crippen LogP contribution in [0.2, 0.25) is 0 Å². The molecule has 0 aromatic rings. The summed E-state index contributed by atoms with van der Waals surface area (Å²) in [7, 11) is -0.484. The lowest BCUT2D eigenvalue weighted by molar-refractivity contribution is -0.141. The normalized spacial score (nSPS) is 19.7. The van der Waals surface area contributed by atoms with E-state index < -0.39 is 27.9 Å². The summed E-state index contributed by atoms with van der Waals surface area (Å²) in [5.74, 6) is -1.62. The molecule has 110 valence electrons. The van der Waals surface area contributed by atoms with Gasteiger partial charge in [-0.3, -0.25) is 4.79 Å². The average Bonchev–Trinajstić information content (AvgIpc) is 2.77. The molecule has 9 heteroatoms. The Morgan fingerprint density at radius 1 is 1.42 bits per heavy atom. The van der Waals surface area contributed by atoms with Gasteiger partial charge in [0, 0.05) is 33.7 Å². The highest BCUT2D eigenvalue weighted by atomic mass is 32.2. The highest BCUT2D eigenvalue weighted by Crippen LogP contribution is 2.15. The molecule has 19 heavy (non-hydrogen) atoms. The second-order valence-corrected chi connectivity index (χ2v) is 6.90. The number of hydrogen-bond donors (Lipinski definition) is 2. The Kier molecular flexibility index (Phi) is 5.12. The van der Waals surface area contributed by atoms with Gasteiger partial charge in [-0.1, -0.05) is 0 Å². The number of likely N-dealkylation sites (tertiary alicyclic amines) is 1. The van der Waals surface area contributed by atoms with Gasteiger partial charge in [0.05, 0.1) is 11.7 Å². The second-order valence-electron chi connectivity index (χ2n) is 4.60. The number of carboxylic acids is 1. The third-order valence-corrected chi connectivity index (χ3v) is 4.85. The molecule has 1 saturated heterocycles. The molecule has 0 aromatic heterocycles. The molecule has 8 nitrogen and oxygen atoms in total. The molecule has 0 aromatic carbocycles. The van der Waals surface area contributed by atoms with Gasteiger partial charge in [0.2, 0.25) is 10.0 Å². The van der Waals surface area contributed by atoms with Crippen molar-refractivity contribution >= 4 is 22.0 Å². The SMILES string of the molecule is CN(C)S(=O)(=O)CCNC(=O)N1CCC(C(=O)O)C1. The minimum Gasteiger partial charge on any atom is -0.481 e. The molecule has 2 amide bonds. The molecule has 0 aliphatic carbocycles. The van der Waals surface area contributed by atoms with E-state index in [1.54, 1.807) is 0 Å². The molecule has 1 aliphatic rings. The van der Waals surface area contributed by atoms with Gasteiger partial charge >= 0.3 is 12.0 Å². The smallest absolute Gasteiger partial charge is 0.317 e. The fourth-order valence-corrected chi connectivity index (χ4v) is 2.45. The molecule has 1 heterocycles. The lowest BCUT2D eigenvalue weighted by Crippen LogP contribution is -2.41. The topological polar surface area (TPSA) is 107 Å². The maximum atomic E-state index is 11.7. The fourth-order valence-electron chi connectivity index (χ4n) is 1.73. The Balaban J connectivity index is 2.36. The zero-order valence-corrected chi connectivity index (χ0v) is 11.8. The number of hydrogen-bond acceptors (Lipinski definition) is 4. The number of carboxylic acid groups (broad SMARTS) is 1. The van der Waals surface area contributed by atoms with Gasteiger partial charge in [-0.2, -0.15) is 0 Å². The molecule has 1 fully saturated rings. The minimum atomic E-state index is -3.34. The summed E-state index contributed by atoms with van der Waals surface area (Å²) < 4.78 is 24.0. The summed E-state index contributed by atoms with van der Waals surface area (Å²) in [4.78, 5) is 23.8. The molecule has 1 unspecified atom stereocenters. The van der Waals surface area contributed by atoms with Crippen LogP contribution in [0.5, 0.6) is 0 Å². The van der Waals surface area contributed by atoms with Crippen molar-refractivity contribution in [2.75, 3.05) is 39.5 Å². The van der Waals surface area contributed by atoms with Crippen LogP contribution in [0.15, 0.2) is 0 Å². The predicted octanol–water partition coefficient (Wildman–Crippen LogP) is -1.01. The molecular weight excluding hydrogens is 274 g/mol. The van der Waals surface area contributed by atoms with Crippen LogP contribution in [0, 0.1) is 5.92 Å². The summed E-state index contributed by atoms with van der Waals surface area (Å²) in [5, 5.41) is 11.3. The van der Waals surface area contributed by atoms with E-state index in [0.29, 0.717) is 13.0 Å². The third kappa shape index (κ3) is 4.35. The molecule has 2 N–H and O–H groups in total. The zero-order valence-electron chi connectivity index (χ0n) is 11.0. The number of amides is 2. The van der Waals surface area contributed by atoms with Crippen LogP contribution in [0.25, 0.3) is 0 Å². The first-order chi connectivity index (χ1) is 8.74. The quantitative estimate of drug-likeness (QED) is 0.675. The molecule has 1 rings (SSSR count). The Morgan fingerprint density at radius 2 is 2.05 bits per heavy atom. The van der Waals surface area contributed by atoms with Crippen LogP contribution in [0.3, 0.4) is 0 Å². The number of nitrogens with one attached hydrogen (secondary N) is 1. The molecule has 0 spiro atoms. The van der Waals surface area contributed by atoms with Gasteiger partial charge in [-0.25, -0.2) is 17.5 Å². The lowest BCUT2D eigenvalue weighted by Gasteiger charge is -2.17. The van der Waals surface area contributed by atoms with Crippen LogP contribution in [-0.2, 0) is 14.8 Å². The van der Waals surface area contributed by atoms with Crippen LogP contribution in [0.4, 0.5) is 4.79 Å². The van der Waals surface area contributed by atoms with E-state index in [0.717, 1.165) is 4.31 Å². The number of urea groups is 1. The van der Waals surface area contributed by atoms with Crippen LogP contribution in [-0.4, -0.2) is 74.2 Å². The zero-order chi connectivity index (χ0) is 14.6. The molecule has 1 atom stereocenters. The van der Waals surface area contributed by atoms with Crippen LogP contribution >= 0.6 is 0 Å². The van der Waals surface area contributed by atoms with E-state index in [4.69, 9.17) is 5.11 Å². The fraction of sp³-hybridized carbons (Fsp3) is 0.800. The summed E-state index contributed by atoms with van der Waals surface area (Å²) in [6.45, 7) is 0.554. The third-order valence-electron chi connectivity index (χ3n) is 3.02. The van der Waals surface area contributed by atoms with Gasteiger partial charge in [0.1, 0.15) is 0 Å². The lowest BCUT2D eigenvalue weighted by atomic mass is 10.1. The van der Waals surface area contributed by atoms with Gasteiger partial charge in [-0.15, -0.1) is 0 Å². The van der Waals surface area contributed by atoms with Crippen molar-refractivity contribution in [2.45, 2.75) is 6.42 Å². The van der Waals surface area contributed by atoms with Crippen molar-refractivity contribution in [3.63, 3.8) is 0 Å². The summed E-state index contributed by atoms with van der Waals surface area (Å²) >= 11 is 0. The predicted molar refractivity (Wildman–Crippen MR) is 68.2 cm³/mol. The van der Waals surface area contributed by atoms with E-state index in [1.165, 1.54) is 19.0 Å². The molecular formula is C10H19N3O5S. The van der Waals surface area contributed by atoms with E-state index in [2.05, 4.69) is 5.32 Å². The second kappa shape index (κ2) is 6.20. The summed E-state index contributed by atoms with van der Waals surface area (Å²) in [6.07, 6.45) is 0.429. The van der Waals surface area contributed by atoms with Crippen molar-refractivity contribution in [3.05, 3.63) is 0 Å². The molecule has 0 bridgehead atoms. The summed E-state index contributed by atoms with van der Waals surface area (Å²) in [5.41, 5.74) is 0. The number of carbonyl (C=O) groups excluding carboxylic acids is 1. The number of rotatable bonds is 5. The van der Waals surface area contributed by atoms with Gasteiger partial charge in [0.15, 0.2) is 0 Å². The van der Waals surface area contributed by atoms with E-state index >= 15 is 0 Å². The highest BCUT2D eigenvalue weighted by molar-refractivity contribution is 7.89. The van der Waals surface area contributed by atoms with Gasteiger partial charge in [-0.05, 0) is 6.42 Å². The number of nitrogens with zero attached hydrogens (tertiary/aromatic N) is 2. The summed E-state index contributed by atoms with van der Waals surface area (Å²) in [6, 6.07) is -0.419. The van der Waals surface area contributed by atoms with Gasteiger partial charge in [0.25, 0.3) is 0 Å². The van der Waals surface area contributed by atoms with Gasteiger partial charge < -0.3 is 15.3 Å². The Morgan fingerprint density at radius 3 is 2.53 bits per heavy atom. The Hall–Kier alpha value is -1.35. The largest absolute Gasteiger partial charge is 0.481 e. The first-order valence-electron chi connectivity index (χ1n) is 5.90. The van der Waals surface area contributed by atoms with Crippen molar-refractivity contribution in [2.24, 2.45) is 5.92 Å². The van der Waals surface area contributed by atoms with Crippen molar-refractivity contribution < 1.29 is 23.1 Å². The van der Waals surface area contributed by atoms with Crippen molar-refractivity contribution in [1.82, 2.24) is 14.5 Å². The van der Waals surface area contributed by atoms with Crippen LogP contribution < -0.4 is 5.32 Å². The van der Waals surface area contributed by atoms with E-state index in [1.807, 2.05) is 0 Å². The monoisotopic (exact) mass is 293 g/mol. The molecule has 1 aliphatic heterocycles.